The monoisotopic (exact) mass is 811 g/mol. The van der Waals surface area contributed by atoms with Crippen molar-refractivity contribution in [3.63, 3.8) is 0 Å². The zero-order valence-corrected chi connectivity index (χ0v) is 36.9. The van der Waals surface area contributed by atoms with Gasteiger partial charge in [0.2, 0.25) is 0 Å². The maximum atomic E-state index is 12.6. The largest absolute Gasteiger partial charge is 0.472 e. The molecule has 0 aliphatic carbocycles. The molecule has 0 heterocycles. The van der Waals surface area contributed by atoms with Gasteiger partial charge < -0.3 is 18.9 Å². The number of ether oxygens (including phenoxy) is 2. The van der Waals surface area contributed by atoms with Crippen LogP contribution in [-0.2, 0) is 27.9 Å². The number of phosphoric ester groups is 1. The van der Waals surface area contributed by atoms with E-state index in [2.05, 4.69) is 129 Å². The fraction of sp³-hybridized carbons (Fsp3) is 0.521. The van der Waals surface area contributed by atoms with Gasteiger partial charge in [-0.1, -0.05) is 148 Å². The Labute approximate surface area is 347 Å². The van der Waals surface area contributed by atoms with E-state index in [1.54, 1.807) is 0 Å². The molecule has 0 aromatic carbocycles. The summed E-state index contributed by atoms with van der Waals surface area (Å²) in [5.74, 6) is -0.428. The highest BCUT2D eigenvalue weighted by atomic mass is 31.2. The molecule has 0 aromatic rings. The number of quaternary nitrogens is 1. The average molecular weight is 811 g/mol. The Morgan fingerprint density at radius 2 is 0.895 bits per heavy atom. The van der Waals surface area contributed by atoms with Gasteiger partial charge in [-0.2, -0.15) is 0 Å². The first kappa shape index (κ1) is 53.6. The minimum atomic E-state index is -4.32. The van der Waals surface area contributed by atoms with Crippen molar-refractivity contribution in [1.29, 1.82) is 0 Å². The third kappa shape index (κ3) is 43.6. The predicted octanol–water partition coefficient (Wildman–Crippen LogP) is 12.4. The first-order chi connectivity index (χ1) is 27.6. The fourth-order valence-electron chi connectivity index (χ4n) is 4.58. The molecule has 0 bridgehead atoms. The van der Waals surface area contributed by atoms with Crippen LogP contribution in [0.15, 0.2) is 134 Å². The Bertz CT molecular complexity index is 1360. The molecule has 0 spiro atoms. The number of phosphoric acid groups is 1. The lowest BCUT2D eigenvalue weighted by Crippen LogP contribution is -2.37. The Balaban J connectivity index is 4.55. The first-order valence-corrected chi connectivity index (χ1v) is 22.4. The number of hydrogen-bond donors (Lipinski definition) is 1. The molecule has 0 saturated carbocycles. The molecular weight excluding hydrogens is 734 g/mol. The van der Waals surface area contributed by atoms with Crippen molar-refractivity contribution in [2.45, 2.75) is 110 Å². The van der Waals surface area contributed by atoms with E-state index < -0.39 is 19.9 Å². The second-order valence-electron chi connectivity index (χ2n) is 14.2. The quantitative estimate of drug-likeness (QED) is 0.0221. The molecule has 0 amide bonds. The average Bonchev–Trinajstić information content (AvgIpc) is 3.16. The maximum absolute atomic E-state index is 12.6. The van der Waals surface area contributed by atoms with E-state index in [4.69, 9.17) is 18.5 Å². The molecule has 2 atom stereocenters. The van der Waals surface area contributed by atoms with Crippen molar-refractivity contribution in [2.24, 2.45) is 0 Å². The van der Waals surface area contributed by atoms with Gasteiger partial charge in [0, 0.05) is 6.42 Å². The molecule has 0 saturated heterocycles. The molecule has 0 fully saturated rings. The standard InChI is InChI=1S/C48H76NO7P/c1-6-8-10-12-14-16-18-20-22-24-25-26-27-29-31-33-35-37-39-41-48(50)56-47(46-55-57(51,52)54-44-42-49(3,4)5)45-53-43-40-38-36-34-32-30-28-23-21-19-17-15-13-11-9-7-2/h8-11,14-17,20-23,25-26,29-32,35-38,47H,6-7,12-13,18-19,24,27-28,33-34,39-46H2,1-5H3/p+1/b10-8-,11-9-,16-14-,17-15-,22-20-,23-21-,26-25-,31-29-,32-30-,37-35-,38-36-. The van der Waals surface area contributed by atoms with Crippen LogP contribution in [0.3, 0.4) is 0 Å². The van der Waals surface area contributed by atoms with Gasteiger partial charge in [-0.3, -0.25) is 13.8 Å². The first-order valence-electron chi connectivity index (χ1n) is 20.9. The van der Waals surface area contributed by atoms with E-state index in [0.29, 0.717) is 30.5 Å². The highest BCUT2D eigenvalue weighted by Crippen LogP contribution is 2.43. The molecule has 2 unspecified atom stereocenters. The second kappa shape index (κ2) is 39.5. The number of carbonyl (C=O) groups excluding carboxylic acids is 1. The van der Waals surface area contributed by atoms with Crippen molar-refractivity contribution in [1.82, 2.24) is 0 Å². The van der Waals surface area contributed by atoms with Crippen LogP contribution >= 0.6 is 7.82 Å². The second-order valence-corrected chi connectivity index (χ2v) is 15.7. The molecule has 0 radical (unpaired) electrons. The molecule has 1 N–H and O–H groups in total. The van der Waals surface area contributed by atoms with Gasteiger partial charge in [0.15, 0.2) is 0 Å². The smallest absolute Gasteiger partial charge is 0.457 e. The van der Waals surface area contributed by atoms with E-state index in [0.717, 1.165) is 70.6 Å². The number of likely N-dealkylation sites (N-methyl/N-ethyl adjacent to an activating group) is 1. The van der Waals surface area contributed by atoms with E-state index in [-0.39, 0.29) is 26.2 Å². The lowest BCUT2D eigenvalue weighted by molar-refractivity contribution is -0.870. The summed E-state index contributed by atoms with van der Waals surface area (Å²) in [5, 5.41) is 0. The van der Waals surface area contributed by atoms with E-state index in [1.165, 1.54) is 0 Å². The molecule has 0 aliphatic rings. The minimum Gasteiger partial charge on any atom is -0.457 e. The maximum Gasteiger partial charge on any atom is 0.472 e. The van der Waals surface area contributed by atoms with Gasteiger partial charge in [0.05, 0.1) is 41.0 Å². The van der Waals surface area contributed by atoms with Gasteiger partial charge in [0.1, 0.15) is 19.3 Å². The van der Waals surface area contributed by atoms with Gasteiger partial charge in [-0.05, 0) is 83.5 Å². The molecule has 0 aromatic heterocycles. The molecule has 0 rings (SSSR count). The Morgan fingerprint density at radius 1 is 0.526 bits per heavy atom. The van der Waals surface area contributed by atoms with Crippen LogP contribution < -0.4 is 0 Å². The highest BCUT2D eigenvalue weighted by molar-refractivity contribution is 7.47. The number of esters is 1. The molecule has 8 nitrogen and oxygen atoms in total. The SMILES string of the molecule is CC/C=C\C/C=C\C/C=C\C/C=C\C/C=C\C/C=C\CCC(=O)OC(COCC/C=C\C/C=C\C/C=C\C/C=C\C/C=C\CC)COP(=O)(O)OCC[N+](C)(C)C. The zero-order valence-electron chi connectivity index (χ0n) is 36.0. The predicted molar refractivity (Wildman–Crippen MR) is 242 cm³/mol. The summed E-state index contributed by atoms with van der Waals surface area (Å²) in [4.78, 5) is 22.8. The van der Waals surface area contributed by atoms with Crippen LogP contribution in [0.4, 0.5) is 0 Å². The van der Waals surface area contributed by atoms with Gasteiger partial charge in [0.25, 0.3) is 0 Å². The van der Waals surface area contributed by atoms with E-state index in [9.17, 15) is 14.3 Å². The molecule has 320 valence electrons. The van der Waals surface area contributed by atoms with Gasteiger partial charge in [-0.25, -0.2) is 4.57 Å². The fourth-order valence-corrected chi connectivity index (χ4v) is 5.32. The Morgan fingerprint density at radius 3 is 1.28 bits per heavy atom. The number of rotatable bonds is 36. The van der Waals surface area contributed by atoms with Crippen LogP contribution in [-0.4, -0.2) is 75.6 Å². The third-order valence-corrected chi connectivity index (χ3v) is 8.72. The lowest BCUT2D eigenvalue weighted by atomic mass is 10.2. The van der Waals surface area contributed by atoms with Crippen LogP contribution in [0, 0.1) is 0 Å². The minimum absolute atomic E-state index is 0.0369. The summed E-state index contributed by atoms with van der Waals surface area (Å²) in [6, 6.07) is 0. The summed E-state index contributed by atoms with van der Waals surface area (Å²) in [6.07, 6.45) is 58.2. The van der Waals surface area contributed by atoms with E-state index in [1.807, 2.05) is 39.4 Å². The van der Waals surface area contributed by atoms with Crippen LogP contribution in [0.1, 0.15) is 104 Å². The zero-order chi connectivity index (χ0) is 42.0. The lowest BCUT2D eigenvalue weighted by Gasteiger charge is -2.24. The summed E-state index contributed by atoms with van der Waals surface area (Å²) in [7, 11) is 1.55. The molecule has 9 heteroatoms. The molecule has 0 aliphatic heterocycles. The topological polar surface area (TPSA) is 91.3 Å². The van der Waals surface area contributed by atoms with Crippen molar-refractivity contribution >= 4 is 13.8 Å². The van der Waals surface area contributed by atoms with Crippen molar-refractivity contribution in [3.05, 3.63) is 134 Å². The summed E-state index contributed by atoms with van der Waals surface area (Å²) in [5.41, 5.74) is 0. The third-order valence-electron chi connectivity index (χ3n) is 7.74. The number of carbonyl (C=O) groups is 1. The normalized spacial score (nSPS) is 15.1. The summed E-state index contributed by atoms with van der Waals surface area (Å²) >= 11 is 0. The summed E-state index contributed by atoms with van der Waals surface area (Å²) < 4.78 is 34.7. The number of nitrogens with zero attached hydrogens (tertiary/aromatic N) is 1. The van der Waals surface area contributed by atoms with E-state index >= 15 is 0 Å². The van der Waals surface area contributed by atoms with Crippen LogP contribution in [0.5, 0.6) is 0 Å². The van der Waals surface area contributed by atoms with Crippen molar-refractivity contribution < 1.29 is 37.3 Å². The Hall–Kier alpha value is -3.36. The van der Waals surface area contributed by atoms with Crippen LogP contribution in [0.25, 0.3) is 0 Å². The molecular formula is C48H77NO7P+. The molecule has 57 heavy (non-hydrogen) atoms. The van der Waals surface area contributed by atoms with Crippen LogP contribution in [0.2, 0.25) is 0 Å². The number of allylic oxidation sites excluding steroid dienone is 21. The highest BCUT2D eigenvalue weighted by Gasteiger charge is 2.26. The number of hydrogen-bond acceptors (Lipinski definition) is 6. The van der Waals surface area contributed by atoms with Crippen molar-refractivity contribution in [3.8, 4) is 0 Å². The van der Waals surface area contributed by atoms with Gasteiger partial charge in [-0.15, -0.1) is 0 Å². The van der Waals surface area contributed by atoms with Crippen molar-refractivity contribution in [2.75, 3.05) is 54.1 Å². The Kier molecular flexibility index (Phi) is 37.1. The summed E-state index contributed by atoms with van der Waals surface area (Å²) in [6.45, 7) is 5.00. The van der Waals surface area contributed by atoms with Gasteiger partial charge >= 0.3 is 13.8 Å².